The van der Waals surface area contributed by atoms with Gasteiger partial charge in [0.05, 0.1) is 6.21 Å². The van der Waals surface area contributed by atoms with E-state index in [2.05, 4.69) is 10.2 Å². The van der Waals surface area contributed by atoms with Gasteiger partial charge in [0.2, 0.25) is 5.96 Å². The lowest BCUT2D eigenvalue weighted by Gasteiger charge is -1.96. The van der Waals surface area contributed by atoms with Crippen molar-refractivity contribution in [3.8, 4) is 0 Å². The second kappa shape index (κ2) is 6.34. The molecule has 0 aliphatic rings. The van der Waals surface area contributed by atoms with Crippen molar-refractivity contribution in [2.24, 2.45) is 21.7 Å². The Hall–Kier alpha value is -2.17. The molecule has 1 aromatic carbocycles. The molecule has 0 aromatic heterocycles. The normalized spacial score (nSPS) is 10.2. The molecule has 0 aliphatic heterocycles. The van der Waals surface area contributed by atoms with Crippen LogP contribution in [-0.4, -0.2) is 18.0 Å². The van der Waals surface area contributed by atoms with Crippen LogP contribution in [0.3, 0.4) is 0 Å². The molecule has 1 aromatic rings. The van der Waals surface area contributed by atoms with Gasteiger partial charge in [-0.25, -0.2) is 0 Å². The molecular formula is C11H14N4O. The molecule has 0 spiro atoms. The fraction of sp³-hybridized carbons (Fsp3) is 0.182. The van der Waals surface area contributed by atoms with Crippen LogP contribution in [0.1, 0.15) is 12.0 Å². The SMILES string of the molecule is NC(N)=N/N=C/C(=O)CCc1ccccc1. The zero-order valence-electron chi connectivity index (χ0n) is 8.84. The molecule has 0 unspecified atom stereocenters. The molecule has 0 fully saturated rings. The summed E-state index contributed by atoms with van der Waals surface area (Å²) in [6.45, 7) is 0. The van der Waals surface area contributed by atoms with Gasteiger partial charge >= 0.3 is 0 Å². The lowest BCUT2D eigenvalue weighted by atomic mass is 10.1. The van der Waals surface area contributed by atoms with Crippen LogP contribution in [0.25, 0.3) is 0 Å². The smallest absolute Gasteiger partial charge is 0.211 e. The van der Waals surface area contributed by atoms with Crippen LogP contribution in [-0.2, 0) is 11.2 Å². The van der Waals surface area contributed by atoms with E-state index in [1.54, 1.807) is 0 Å². The summed E-state index contributed by atoms with van der Waals surface area (Å²) in [6.07, 6.45) is 2.21. The van der Waals surface area contributed by atoms with E-state index in [9.17, 15) is 4.79 Å². The van der Waals surface area contributed by atoms with E-state index in [0.717, 1.165) is 11.8 Å². The number of carbonyl (C=O) groups is 1. The number of hydrogen-bond acceptors (Lipinski definition) is 3. The van der Waals surface area contributed by atoms with Crippen molar-refractivity contribution in [1.82, 2.24) is 0 Å². The number of Topliss-reactive ketones (excluding diaryl/α,β-unsaturated/α-hetero) is 1. The summed E-state index contributed by atoms with van der Waals surface area (Å²) in [5.74, 6) is -0.263. The summed E-state index contributed by atoms with van der Waals surface area (Å²) in [7, 11) is 0. The number of carbonyl (C=O) groups excluding carboxylic acids is 1. The van der Waals surface area contributed by atoms with Crippen molar-refractivity contribution in [1.29, 1.82) is 0 Å². The standard InChI is InChI=1S/C11H14N4O/c12-11(13)15-14-8-10(16)7-6-9-4-2-1-3-5-9/h1-5,8H,6-7H2,(H4,12,13,15)/b14-8+. The van der Waals surface area contributed by atoms with E-state index in [4.69, 9.17) is 11.5 Å². The number of ketones is 1. The van der Waals surface area contributed by atoms with Crippen LogP contribution < -0.4 is 11.5 Å². The molecule has 0 saturated heterocycles. The maximum Gasteiger partial charge on any atom is 0.211 e. The van der Waals surface area contributed by atoms with Crippen molar-refractivity contribution >= 4 is 18.0 Å². The fourth-order valence-electron chi connectivity index (χ4n) is 1.14. The Labute approximate surface area is 93.9 Å². The minimum atomic E-state index is -0.160. The zero-order valence-corrected chi connectivity index (χ0v) is 8.84. The third-order valence-corrected chi connectivity index (χ3v) is 1.88. The molecule has 4 N–H and O–H groups in total. The first-order valence-electron chi connectivity index (χ1n) is 4.87. The van der Waals surface area contributed by atoms with E-state index < -0.39 is 0 Å². The van der Waals surface area contributed by atoms with Crippen molar-refractivity contribution < 1.29 is 4.79 Å². The van der Waals surface area contributed by atoms with Gasteiger partial charge in [-0.3, -0.25) is 4.79 Å². The first-order chi connectivity index (χ1) is 7.68. The molecule has 0 bridgehead atoms. The average molecular weight is 218 g/mol. The molecule has 0 heterocycles. The molecule has 0 radical (unpaired) electrons. The minimum absolute atomic E-state index is 0.103. The number of benzene rings is 1. The second-order valence-electron chi connectivity index (χ2n) is 3.22. The Kier molecular flexibility index (Phi) is 4.72. The average Bonchev–Trinajstić information content (AvgIpc) is 2.27. The molecule has 16 heavy (non-hydrogen) atoms. The van der Waals surface area contributed by atoms with Gasteiger partial charge in [-0.15, -0.1) is 5.10 Å². The predicted octanol–water partition coefficient (Wildman–Crippen LogP) is 0.447. The molecule has 0 saturated carbocycles. The Bertz CT molecular complexity index is 394. The maximum absolute atomic E-state index is 11.3. The first kappa shape index (κ1) is 11.9. The Morgan fingerprint density at radius 1 is 1.25 bits per heavy atom. The first-order valence-corrected chi connectivity index (χ1v) is 4.87. The third kappa shape index (κ3) is 4.90. The molecular weight excluding hydrogens is 204 g/mol. The summed E-state index contributed by atoms with van der Waals surface area (Å²) < 4.78 is 0. The predicted molar refractivity (Wildman–Crippen MR) is 64.1 cm³/mol. The lowest BCUT2D eigenvalue weighted by Crippen LogP contribution is -2.21. The molecule has 0 amide bonds. The third-order valence-electron chi connectivity index (χ3n) is 1.88. The van der Waals surface area contributed by atoms with Gasteiger partial charge < -0.3 is 11.5 Å². The fourth-order valence-corrected chi connectivity index (χ4v) is 1.14. The topological polar surface area (TPSA) is 93.8 Å². The Morgan fingerprint density at radius 2 is 1.94 bits per heavy atom. The van der Waals surface area contributed by atoms with E-state index >= 15 is 0 Å². The van der Waals surface area contributed by atoms with E-state index in [1.807, 2.05) is 30.3 Å². The number of rotatable bonds is 5. The van der Waals surface area contributed by atoms with Crippen LogP contribution >= 0.6 is 0 Å². The number of guanidine groups is 1. The van der Waals surface area contributed by atoms with Crippen LogP contribution in [0.5, 0.6) is 0 Å². The second-order valence-corrected chi connectivity index (χ2v) is 3.22. The number of nitrogens with zero attached hydrogens (tertiary/aromatic N) is 2. The summed E-state index contributed by atoms with van der Waals surface area (Å²) in [5, 5.41) is 6.79. The van der Waals surface area contributed by atoms with Crippen LogP contribution in [0.4, 0.5) is 0 Å². The Balaban J connectivity index is 2.36. The van der Waals surface area contributed by atoms with Gasteiger partial charge in [0.25, 0.3) is 0 Å². The minimum Gasteiger partial charge on any atom is -0.369 e. The number of nitrogens with two attached hydrogens (primary N) is 2. The van der Waals surface area contributed by atoms with E-state index in [1.165, 1.54) is 0 Å². The number of hydrogen-bond donors (Lipinski definition) is 2. The van der Waals surface area contributed by atoms with Crippen LogP contribution in [0, 0.1) is 0 Å². The summed E-state index contributed by atoms with van der Waals surface area (Å²) >= 11 is 0. The Morgan fingerprint density at radius 3 is 2.56 bits per heavy atom. The molecule has 1 rings (SSSR count). The van der Waals surface area contributed by atoms with E-state index in [-0.39, 0.29) is 11.7 Å². The highest BCUT2D eigenvalue weighted by Crippen LogP contribution is 2.02. The molecule has 0 aliphatic carbocycles. The highest BCUT2D eigenvalue weighted by atomic mass is 16.1. The monoisotopic (exact) mass is 218 g/mol. The van der Waals surface area contributed by atoms with Crippen molar-refractivity contribution in [2.75, 3.05) is 0 Å². The summed E-state index contributed by atoms with van der Waals surface area (Å²) in [4.78, 5) is 11.3. The largest absolute Gasteiger partial charge is 0.369 e. The highest BCUT2D eigenvalue weighted by molar-refractivity contribution is 6.27. The van der Waals surface area contributed by atoms with E-state index in [0.29, 0.717) is 12.8 Å². The lowest BCUT2D eigenvalue weighted by molar-refractivity contribution is -0.112. The molecule has 5 nitrogen and oxygen atoms in total. The van der Waals surface area contributed by atoms with Gasteiger partial charge in [0.1, 0.15) is 0 Å². The van der Waals surface area contributed by atoms with Gasteiger partial charge in [-0.1, -0.05) is 30.3 Å². The quantitative estimate of drug-likeness (QED) is 0.426. The van der Waals surface area contributed by atoms with Crippen LogP contribution in [0.2, 0.25) is 0 Å². The van der Waals surface area contributed by atoms with Gasteiger partial charge in [-0.2, -0.15) is 5.10 Å². The van der Waals surface area contributed by atoms with Crippen molar-refractivity contribution in [3.05, 3.63) is 35.9 Å². The highest BCUT2D eigenvalue weighted by Gasteiger charge is 1.98. The van der Waals surface area contributed by atoms with Gasteiger partial charge in [0.15, 0.2) is 5.78 Å². The molecule has 0 atom stereocenters. The van der Waals surface area contributed by atoms with Gasteiger partial charge in [0, 0.05) is 6.42 Å². The zero-order chi connectivity index (χ0) is 11.8. The van der Waals surface area contributed by atoms with Crippen LogP contribution in [0.15, 0.2) is 40.5 Å². The van der Waals surface area contributed by atoms with Gasteiger partial charge in [-0.05, 0) is 12.0 Å². The maximum atomic E-state index is 11.3. The summed E-state index contributed by atoms with van der Waals surface area (Å²) in [5.41, 5.74) is 11.2. The summed E-state index contributed by atoms with van der Waals surface area (Å²) in [6, 6.07) is 9.76. The van der Waals surface area contributed by atoms with Crippen molar-refractivity contribution in [2.45, 2.75) is 12.8 Å². The molecule has 5 heteroatoms. The van der Waals surface area contributed by atoms with Crippen molar-refractivity contribution in [3.63, 3.8) is 0 Å². The number of aryl methyl sites for hydroxylation is 1. The molecule has 84 valence electrons.